The SMILES string of the molecule is CN(Cc1ccc(-c2nnc(C(F)F)o2)cn1)C(=O)c1cc(C2CCN(C(=O)CO)CC2)ccc1C(C)(C)C=O. The van der Waals surface area contributed by atoms with Crippen molar-refractivity contribution in [2.24, 2.45) is 0 Å². The lowest BCUT2D eigenvalue weighted by Gasteiger charge is -2.32. The molecule has 0 saturated carbocycles. The Kier molecular flexibility index (Phi) is 8.67. The van der Waals surface area contributed by atoms with Gasteiger partial charge in [-0.2, -0.15) is 8.78 Å². The molecule has 0 aliphatic carbocycles. The van der Waals surface area contributed by atoms with Gasteiger partial charge in [0.25, 0.3) is 11.8 Å². The molecule has 0 atom stereocenters. The van der Waals surface area contributed by atoms with Crippen LogP contribution in [0.1, 0.15) is 72.1 Å². The van der Waals surface area contributed by atoms with Crippen molar-refractivity contribution >= 4 is 18.1 Å². The van der Waals surface area contributed by atoms with Crippen molar-refractivity contribution in [3.05, 3.63) is 64.8 Å². The summed E-state index contributed by atoms with van der Waals surface area (Å²) in [6.07, 6.45) is 0.742. The number of alkyl halides is 2. The van der Waals surface area contributed by atoms with Crippen LogP contribution in [0.2, 0.25) is 0 Å². The second-order valence-electron chi connectivity index (χ2n) is 10.4. The van der Waals surface area contributed by atoms with Crippen LogP contribution in [0, 0.1) is 0 Å². The summed E-state index contributed by atoms with van der Waals surface area (Å²) in [4.78, 5) is 44.9. The zero-order valence-corrected chi connectivity index (χ0v) is 22.5. The molecular formula is C28H31F2N5O5. The fourth-order valence-corrected chi connectivity index (χ4v) is 4.78. The zero-order valence-electron chi connectivity index (χ0n) is 22.5. The Morgan fingerprint density at radius 1 is 1.20 bits per heavy atom. The largest absolute Gasteiger partial charge is 0.415 e. The highest BCUT2D eigenvalue weighted by Gasteiger charge is 2.30. The molecule has 40 heavy (non-hydrogen) atoms. The fraction of sp³-hybridized carbons (Fsp3) is 0.429. The summed E-state index contributed by atoms with van der Waals surface area (Å²) in [5.74, 6) is -1.31. The monoisotopic (exact) mass is 555 g/mol. The molecule has 1 N–H and O–H groups in total. The topological polar surface area (TPSA) is 130 Å². The number of amides is 2. The van der Waals surface area contributed by atoms with E-state index in [0.717, 1.165) is 11.8 Å². The third-order valence-electron chi connectivity index (χ3n) is 7.16. The van der Waals surface area contributed by atoms with Crippen molar-refractivity contribution in [1.29, 1.82) is 0 Å². The molecule has 1 aliphatic rings. The van der Waals surface area contributed by atoms with Crippen molar-refractivity contribution in [3.8, 4) is 11.5 Å². The van der Waals surface area contributed by atoms with E-state index in [1.807, 2.05) is 18.2 Å². The van der Waals surface area contributed by atoms with E-state index in [2.05, 4.69) is 15.2 Å². The van der Waals surface area contributed by atoms with Gasteiger partial charge < -0.3 is 24.1 Å². The summed E-state index contributed by atoms with van der Waals surface area (Å²) in [7, 11) is 1.63. The van der Waals surface area contributed by atoms with Gasteiger partial charge in [-0.3, -0.25) is 14.6 Å². The molecule has 4 rings (SSSR count). The van der Waals surface area contributed by atoms with Gasteiger partial charge in [0, 0.05) is 37.3 Å². The van der Waals surface area contributed by atoms with E-state index in [0.29, 0.717) is 48.3 Å². The highest BCUT2D eigenvalue weighted by atomic mass is 19.3. The molecule has 12 heteroatoms. The number of rotatable bonds is 9. The Hall–Kier alpha value is -4.06. The van der Waals surface area contributed by atoms with E-state index in [1.165, 1.54) is 11.1 Å². The van der Waals surface area contributed by atoms with E-state index in [9.17, 15) is 23.2 Å². The van der Waals surface area contributed by atoms with Crippen LogP contribution in [0.5, 0.6) is 0 Å². The molecule has 2 amide bonds. The first-order chi connectivity index (χ1) is 19.0. The van der Waals surface area contributed by atoms with Gasteiger partial charge in [0.05, 0.1) is 17.8 Å². The van der Waals surface area contributed by atoms with Gasteiger partial charge in [0.15, 0.2) is 0 Å². The summed E-state index contributed by atoms with van der Waals surface area (Å²) in [5.41, 5.74) is 1.97. The highest BCUT2D eigenvalue weighted by molar-refractivity contribution is 5.97. The number of nitrogens with zero attached hydrogens (tertiary/aromatic N) is 5. The van der Waals surface area contributed by atoms with Crippen molar-refractivity contribution in [2.45, 2.75) is 51.0 Å². The first-order valence-corrected chi connectivity index (χ1v) is 12.9. The van der Waals surface area contributed by atoms with Crippen LogP contribution in [0.4, 0.5) is 8.78 Å². The normalized spacial score (nSPS) is 14.4. The van der Waals surface area contributed by atoms with E-state index >= 15 is 0 Å². The van der Waals surface area contributed by atoms with E-state index < -0.39 is 24.3 Å². The maximum absolute atomic E-state index is 13.7. The third-order valence-corrected chi connectivity index (χ3v) is 7.16. The predicted octanol–water partition coefficient (Wildman–Crippen LogP) is 3.52. The minimum absolute atomic E-state index is 0.0807. The molecule has 1 aliphatic heterocycles. The number of benzene rings is 1. The molecule has 1 aromatic carbocycles. The maximum Gasteiger partial charge on any atom is 0.314 e. The van der Waals surface area contributed by atoms with Crippen molar-refractivity contribution in [2.75, 3.05) is 26.7 Å². The minimum Gasteiger partial charge on any atom is -0.415 e. The predicted molar refractivity (Wildman–Crippen MR) is 139 cm³/mol. The molecule has 0 unspecified atom stereocenters. The van der Waals surface area contributed by atoms with Crippen LogP contribution in [0.15, 0.2) is 40.9 Å². The number of aliphatic hydroxyl groups excluding tert-OH is 1. The zero-order chi connectivity index (χ0) is 29.0. The van der Waals surface area contributed by atoms with Gasteiger partial charge in [-0.15, -0.1) is 10.2 Å². The first kappa shape index (κ1) is 28.9. The minimum atomic E-state index is -2.87. The van der Waals surface area contributed by atoms with Crippen LogP contribution >= 0.6 is 0 Å². The number of aldehydes is 1. The summed E-state index contributed by atoms with van der Waals surface area (Å²) < 4.78 is 30.4. The molecule has 3 heterocycles. The second-order valence-corrected chi connectivity index (χ2v) is 10.4. The third kappa shape index (κ3) is 6.22. The molecule has 1 saturated heterocycles. The molecule has 0 bridgehead atoms. The number of halogens is 2. The van der Waals surface area contributed by atoms with Crippen LogP contribution in [0.25, 0.3) is 11.5 Å². The van der Waals surface area contributed by atoms with Crippen LogP contribution in [0.3, 0.4) is 0 Å². The molecule has 10 nitrogen and oxygen atoms in total. The first-order valence-electron chi connectivity index (χ1n) is 12.9. The second kappa shape index (κ2) is 12.0. The molecule has 3 aromatic rings. The van der Waals surface area contributed by atoms with Crippen LogP contribution in [-0.4, -0.2) is 74.9 Å². The summed E-state index contributed by atoms with van der Waals surface area (Å²) >= 11 is 0. The Labute approximate surface area is 230 Å². The highest BCUT2D eigenvalue weighted by Crippen LogP contribution is 2.33. The van der Waals surface area contributed by atoms with Crippen molar-refractivity contribution < 1.29 is 32.7 Å². The lowest BCUT2D eigenvalue weighted by molar-refractivity contribution is -0.135. The van der Waals surface area contributed by atoms with Gasteiger partial charge in [-0.05, 0) is 61.9 Å². The standard InChI is InChI=1S/C28H31F2N5O5/c1-28(2,16-37)22-7-5-18(17-8-10-35(11-9-17)23(38)15-36)12-21(22)27(39)34(3)14-20-6-4-19(13-31-20)25-32-33-26(40-25)24(29)30/h4-7,12-13,16-17,24,36H,8-11,14-15H2,1-3H3. The summed E-state index contributed by atoms with van der Waals surface area (Å²) in [5, 5.41) is 16.1. The molecule has 2 aromatic heterocycles. The van der Waals surface area contributed by atoms with Gasteiger partial charge in [-0.1, -0.05) is 12.1 Å². The van der Waals surface area contributed by atoms with Crippen LogP contribution < -0.4 is 0 Å². The fourth-order valence-electron chi connectivity index (χ4n) is 4.78. The number of hydrogen-bond donors (Lipinski definition) is 1. The lowest BCUT2D eigenvalue weighted by atomic mass is 9.80. The Bertz CT molecular complexity index is 1370. The molecular weight excluding hydrogens is 524 g/mol. The van der Waals surface area contributed by atoms with E-state index in [1.54, 1.807) is 37.9 Å². The average molecular weight is 556 g/mol. The van der Waals surface area contributed by atoms with Crippen molar-refractivity contribution in [1.82, 2.24) is 25.0 Å². The summed E-state index contributed by atoms with van der Waals surface area (Å²) in [6.45, 7) is 4.18. The maximum atomic E-state index is 13.7. The average Bonchev–Trinajstić information content (AvgIpc) is 3.47. The summed E-state index contributed by atoms with van der Waals surface area (Å²) in [6, 6.07) is 8.82. The number of aromatic nitrogens is 3. The quantitative estimate of drug-likeness (QED) is 0.397. The lowest BCUT2D eigenvalue weighted by Crippen LogP contribution is -2.39. The van der Waals surface area contributed by atoms with Gasteiger partial charge in [0.2, 0.25) is 11.8 Å². The van der Waals surface area contributed by atoms with Gasteiger partial charge in [0.1, 0.15) is 12.9 Å². The molecule has 1 fully saturated rings. The number of aliphatic hydroxyl groups is 1. The number of carbonyl (C=O) groups is 3. The molecule has 0 spiro atoms. The van der Waals surface area contributed by atoms with E-state index in [4.69, 9.17) is 9.52 Å². The van der Waals surface area contributed by atoms with Gasteiger partial charge >= 0.3 is 6.43 Å². The molecule has 0 radical (unpaired) electrons. The van der Waals surface area contributed by atoms with Gasteiger partial charge in [-0.25, -0.2) is 0 Å². The number of hydrogen-bond acceptors (Lipinski definition) is 8. The van der Waals surface area contributed by atoms with Crippen LogP contribution in [-0.2, 0) is 21.5 Å². The van der Waals surface area contributed by atoms with E-state index in [-0.39, 0.29) is 30.2 Å². The number of likely N-dealkylation sites (tertiary alicyclic amines) is 1. The smallest absolute Gasteiger partial charge is 0.314 e. The molecule has 212 valence electrons. The number of carbonyl (C=O) groups excluding carboxylic acids is 3. The van der Waals surface area contributed by atoms with Crippen molar-refractivity contribution in [3.63, 3.8) is 0 Å². The Balaban J connectivity index is 1.53. The Morgan fingerprint density at radius 3 is 2.50 bits per heavy atom. The Morgan fingerprint density at radius 2 is 1.93 bits per heavy atom. The number of pyridine rings is 1. The number of piperidine rings is 1.